The Labute approximate surface area is 194 Å². The molecule has 0 unspecified atom stereocenters. The van der Waals surface area contributed by atoms with E-state index in [1.54, 1.807) is 18.2 Å². The number of amides is 1. The van der Waals surface area contributed by atoms with Crippen LogP contribution in [0.15, 0.2) is 35.1 Å². The maximum Gasteiger partial charge on any atom is 0.320 e. The number of esters is 1. The van der Waals surface area contributed by atoms with Crippen molar-refractivity contribution in [2.45, 2.75) is 25.2 Å². The van der Waals surface area contributed by atoms with E-state index in [1.165, 1.54) is 13.2 Å². The van der Waals surface area contributed by atoms with Crippen molar-refractivity contribution in [3.05, 3.63) is 61.9 Å². The van der Waals surface area contributed by atoms with Gasteiger partial charge in [-0.2, -0.15) is 0 Å². The Morgan fingerprint density at radius 2 is 2.03 bits per heavy atom. The van der Waals surface area contributed by atoms with Gasteiger partial charge < -0.3 is 25.5 Å². The van der Waals surface area contributed by atoms with Gasteiger partial charge in [0, 0.05) is 30.8 Å². The quantitative estimate of drug-likeness (QED) is 0.513. The maximum absolute atomic E-state index is 12.6. The van der Waals surface area contributed by atoms with Crippen molar-refractivity contribution in [2.24, 2.45) is 0 Å². The molecule has 0 bridgehead atoms. The Morgan fingerprint density at radius 1 is 1.28 bits per heavy atom. The summed E-state index contributed by atoms with van der Waals surface area (Å²) in [5.74, 6) is -0.962. The molecule has 4 N–H and O–H groups in total. The monoisotopic (exact) mass is 482 g/mol. The first-order valence-electron chi connectivity index (χ1n) is 9.91. The van der Waals surface area contributed by atoms with Gasteiger partial charge in [-0.05, 0) is 18.6 Å². The number of anilines is 1. The Hall–Kier alpha value is -2.59. The average Bonchev–Trinajstić information content (AvgIpc) is 2.76. The SMILES string of the molecule is CO[C@@H]1CN(CC(=O)OCc2ccccc2Cl)CC[C@@H]1NC(=O)c1cc(Cl)c(N)[nH]c1=O. The van der Waals surface area contributed by atoms with Crippen molar-refractivity contribution in [2.75, 3.05) is 32.5 Å². The number of piperidine rings is 1. The van der Waals surface area contributed by atoms with E-state index in [1.807, 2.05) is 11.0 Å². The smallest absolute Gasteiger partial charge is 0.320 e. The average molecular weight is 483 g/mol. The number of benzene rings is 1. The molecular formula is C21H24Cl2N4O5. The topological polar surface area (TPSA) is 127 Å². The molecule has 172 valence electrons. The molecule has 1 aromatic heterocycles. The molecule has 9 nitrogen and oxygen atoms in total. The number of nitrogens with one attached hydrogen (secondary N) is 2. The van der Waals surface area contributed by atoms with Crippen LogP contribution >= 0.6 is 23.2 Å². The van der Waals surface area contributed by atoms with Crippen LogP contribution in [0.1, 0.15) is 22.3 Å². The van der Waals surface area contributed by atoms with Gasteiger partial charge in [-0.25, -0.2) is 0 Å². The lowest BCUT2D eigenvalue weighted by Gasteiger charge is -2.37. The van der Waals surface area contributed by atoms with E-state index in [0.717, 1.165) is 5.56 Å². The number of hydrogen-bond acceptors (Lipinski definition) is 7. The lowest BCUT2D eigenvalue weighted by Crippen LogP contribution is -2.56. The predicted molar refractivity (Wildman–Crippen MR) is 121 cm³/mol. The van der Waals surface area contributed by atoms with Crippen molar-refractivity contribution < 1.29 is 19.1 Å². The Bertz CT molecular complexity index is 1050. The summed E-state index contributed by atoms with van der Waals surface area (Å²) in [7, 11) is 1.52. The third kappa shape index (κ3) is 6.01. The third-order valence-corrected chi connectivity index (χ3v) is 5.91. The van der Waals surface area contributed by atoms with Crippen LogP contribution in [0.5, 0.6) is 0 Å². The van der Waals surface area contributed by atoms with Gasteiger partial charge in [-0.1, -0.05) is 41.4 Å². The standard InChI is InChI=1S/C21H24Cl2N4O5/c1-31-17-9-27(10-18(28)32-11-12-4-2-3-5-14(12)22)7-6-16(17)25-20(29)13-8-15(23)19(24)26-21(13)30/h2-5,8,16-17H,6-7,9-11H2,1H3,(H,25,29)(H3,24,26,30)/t16-,17+/m0/s1. The van der Waals surface area contributed by atoms with Crippen LogP contribution in [0.2, 0.25) is 10.0 Å². The molecule has 0 aliphatic carbocycles. The van der Waals surface area contributed by atoms with Crippen LogP contribution < -0.4 is 16.6 Å². The molecule has 2 aromatic rings. The summed E-state index contributed by atoms with van der Waals surface area (Å²) in [5, 5.41) is 3.44. The molecule has 3 rings (SSSR count). The van der Waals surface area contributed by atoms with Crippen molar-refractivity contribution in [3.63, 3.8) is 0 Å². The first kappa shape index (κ1) is 24.1. The fourth-order valence-electron chi connectivity index (χ4n) is 3.46. The number of nitrogen functional groups attached to an aromatic ring is 1. The Morgan fingerprint density at radius 3 is 2.75 bits per heavy atom. The van der Waals surface area contributed by atoms with Crippen LogP contribution in [-0.2, 0) is 20.9 Å². The Kier molecular flexibility index (Phi) is 8.14. The lowest BCUT2D eigenvalue weighted by atomic mass is 10.0. The number of methoxy groups -OCH3 is 1. The molecule has 1 aliphatic rings. The second-order valence-electron chi connectivity index (χ2n) is 7.40. The molecule has 0 saturated carbocycles. The third-order valence-electron chi connectivity index (χ3n) is 5.23. The van der Waals surface area contributed by atoms with E-state index < -0.39 is 11.5 Å². The number of nitrogens with zero attached hydrogens (tertiary/aromatic N) is 1. The number of carbonyl (C=O) groups excluding carboxylic acids is 2. The number of aromatic nitrogens is 1. The normalized spacial score (nSPS) is 18.8. The zero-order valence-electron chi connectivity index (χ0n) is 17.4. The largest absolute Gasteiger partial charge is 0.460 e. The predicted octanol–water partition coefficient (Wildman–Crippen LogP) is 1.83. The van der Waals surface area contributed by atoms with Crippen molar-refractivity contribution >= 4 is 40.9 Å². The van der Waals surface area contributed by atoms with Crippen molar-refractivity contribution in [3.8, 4) is 0 Å². The minimum Gasteiger partial charge on any atom is -0.460 e. The lowest BCUT2D eigenvalue weighted by molar-refractivity contribution is -0.147. The van der Waals surface area contributed by atoms with Crippen LogP contribution in [-0.4, -0.2) is 60.7 Å². The van der Waals surface area contributed by atoms with Crippen LogP contribution in [0, 0.1) is 0 Å². The number of hydrogen-bond donors (Lipinski definition) is 3. The molecule has 2 atom stereocenters. The summed E-state index contributed by atoms with van der Waals surface area (Å²) in [6, 6.07) is 8.04. The van der Waals surface area contributed by atoms with Gasteiger partial charge in [0.05, 0.1) is 23.7 Å². The fourth-order valence-corrected chi connectivity index (χ4v) is 3.81. The van der Waals surface area contributed by atoms with Gasteiger partial charge in [0.15, 0.2) is 0 Å². The number of likely N-dealkylation sites (tertiary alicyclic amines) is 1. The van der Waals surface area contributed by atoms with Gasteiger partial charge in [-0.15, -0.1) is 0 Å². The molecule has 11 heteroatoms. The number of pyridine rings is 1. The number of rotatable bonds is 7. The molecule has 1 saturated heterocycles. The molecule has 0 radical (unpaired) electrons. The molecule has 1 amide bonds. The number of carbonyl (C=O) groups is 2. The second kappa shape index (κ2) is 10.8. The summed E-state index contributed by atoms with van der Waals surface area (Å²) in [6.07, 6.45) is 0.134. The minimum atomic E-state index is -0.628. The van der Waals surface area contributed by atoms with Gasteiger partial charge in [0.2, 0.25) is 0 Å². The van der Waals surface area contributed by atoms with Crippen molar-refractivity contribution in [1.29, 1.82) is 0 Å². The van der Waals surface area contributed by atoms with Gasteiger partial charge >= 0.3 is 5.97 Å². The van der Waals surface area contributed by atoms with E-state index in [9.17, 15) is 14.4 Å². The fraction of sp³-hybridized carbons (Fsp3) is 0.381. The zero-order valence-corrected chi connectivity index (χ0v) is 18.9. The van der Waals surface area contributed by atoms with E-state index in [0.29, 0.717) is 24.5 Å². The molecule has 0 spiro atoms. The summed E-state index contributed by atoms with van der Waals surface area (Å²) in [5.41, 5.74) is 5.52. The zero-order chi connectivity index (χ0) is 23.3. The minimum absolute atomic E-state index is 0.00212. The highest BCUT2D eigenvalue weighted by Gasteiger charge is 2.32. The highest BCUT2D eigenvalue weighted by Crippen LogP contribution is 2.18. The van der Waals surface area contributed by atoms with Gasteiger partial charge in [-0.3, -0.25) is 19.3 Å². The number of ether oxygens (including phenoxy) is 2. The number of halogens is 2. The van der Waals surface area contributed by atoms with E-state index in [4.69, 9.17) is 38.4 Å². The molecule has 1 fully saturated rings. The van der Waals surface area contributed by atoms with Crippen LogP contribution in [0.25, 0.3) is 0 Å². The molecule has 32 heavy (non-hydrogen) atoms. The highest BCUT2D eigenvalue weighted by molar-refractivity contribution is 6.33. The summed E-state index contributed by atoms with van der Waals surface area (Å²) < 4.78 is 10.8. The summed E-state index contributed by atoms with van der Waals surface area (Å²) in [4.78, 5) is 41.1. The summed E-state index contributed by atoms with van der Waals surface area (Å²) in [6.45, 7) is 1.11. The number of nitrogens with two attached hydrogens (primary N) is 1. The van der Waals surface area contributed by atoms with E-state index >= 15 is 0 Å². The van der Waals surface area contributed by atoms with Gasteiger partial charge in [0.1, 0.15) is 18.0 Å². The van der Waals surface area contributed by atoms with Crippen LogP contribution in [0.4, 0.5) is 5.82 Å². The number of aromatic amines is 1. The molecular weight excluding hydrogens is 459 g/mol. The van der Waals surface area contributed by atoms with Gasteiger partial charge in [0.25, 0.3) is 11.5 Å². The highest BCUT2D eigenvalue weighted by atomic mass is 35.5. The second-order valence-corrected chi connectivity index (χ2v) is 8.22. The maximum atomic E-state index is 12.6. The number of H-pyrrole nitrogens is 1. The molecule has 2 heterocycles. The van der Waals surface area contributed by atoms with E-state index in [2.05, 4.69) is 10.3 Å². The Balaban J connectivity index is 1.54. The van der Waals surface area contributed by atoms with E-state index in [-0.39, 0.29) is 47.7 Å². The molecule has 1 aromatic carbocycles. The van der Waals surface area contributed by atoms with Crippen molar-refractivity contribution in [1.82, 2.24) is 15.2 Å². The first-order chi connectivity index (χ1) is 15.3. The van der Waals surface area contributed by atoms with Crippen LogP contribution in [0.3, 0.4) is 0 Å². The summed E-state index contributed by atoms with van der Waals surface area (Å²) >= 11 is 12.0. The first-order valence-corrected chi connectivity index (χ1v) is 10.7. The molecule has 1 aliphatic heterocycles.